The highest BCUT2D eigenvalue weighted by atomic mass is 32.1. The summed E-state index contributed by atoms with van der Waals surface area (Å²) < 4.78 is 32.4. The molecule has 0 spiro atoms. The Labute approximate surface area is 113 Å². The summed E-state index contributed by atoms with van der Waals surface area (Å²) >= 11 is 1.14. The lowest BCUT2D eigenvalue weighted by Gasteiger charge is -2.12. The summed E-state index contributed by atoms with van der Waals surface area (Å²) in [4.78, 5) is 0. The second-order valence-electron chi connectivity index (χ2n) is 4.07. The number of ether oxygens (including phenoxy) is 1. The molecule has 3 N–H and O–H groups in total. The number of rotatable bonds is 3. The van der Waals surface area contributed by atoms with Gasteiger partial charge in [0.2, 0.25) is 0 Å². The van der Waals surface area contributed by atoms with Gasteiger partial charge in [-0.2, -0.15) is 0 Å². The Kier molecular flexibility index (Phi) is 3.84. The van der Waals surface area contributed by atoms with E-state index in [1.165, 1.54) is 26.2 Å². The molecule has 6 heteroatoms. The minimum Gasteiger partial charge on any atom is -0.390 e. The van der Waals surface area contributed by atoms with Gasteiger partial charge >= 0.3 is 0 Å². The Morgan fingerprint density at radius 2 is 1.95 bits per heavy atom. The first-order valence-corrected chi connectivity index (χ1v) is 6.38. The molecular formula is C13H13F2NO2S. The van der Waals surface area contributed by atoms with Crippen LogP contribution in [-0.4, -0.2) is 12.2 Å². The molecule has 3 nitrogen and oxygen atoms in total. The van der Waals surface area contributed by atoms with Crippen LogP contribution in [0.1, 0.15) is 17.4 Å². The van der Waals surface area contributed by atoms with E-state index in [9.17, 15) is 13.9 Å². The first kappa shape index (κ1) is 13.9. The highest BCUT2D eigenvalue weighted by molar-refractivity contribution is 7.14. The molecule has 1 heterocycles. The summed E-state index contributed by atoms with van der Waals surface area (Å²) in [6, 6.07) is 2.94. The Balaban J connectivity index is 2.63. The molecule has 1 atom stereocenters. The zero-order chi connectivity index (χ0) is 14.2. The monoisotopic (exact) mass is 285 g/mol. The first-order valence-electron chi connectivity index (χ1n) is 5.50. The maximum Gasteiger partial charge on any atom is 0.184 e. The number of nitrogen functional groups attached to an aromatic ring is 1. The third kappa shape index (κ3) is 2.34. The molecule has 0 aliphatic rings. The van der Waals surface area contributed by atoms with E-state index >= 15 is 0 Å². The van der Waals surface area contributed by atoms with Gasteiger partial charge in [-0.15, -0.1) is 11.3 Å². The molecular weight excluding hydrogens is 272 g/mol. The van der Waals surface area contributed by atoms with Crippen LogP contribution < -0.4 is 5.73 Å². The van der Waals surface area contributed by atoms with Gasteiger partial charge in [0.15, 0.2) is 17.9 Å². The first-order chi connectivity index (χ1) is 8.97. The van der Waals surface area contributed by atoms with Crippen LogP contribution in [0, 0.1) is 18.6 Å². The molecule has 0 bridgehead atoms. The van der Waals surface area contributed by atoms with Crippen molar-refractivity contribution >= 4 is 16.3 Å². The Hall–Kier alpha value is -1.50. The lowest BCUT2D eigenvalue weighted by Crippen LogP contribution is -2.04. The molecule has 0 aliphatic carbocycles. The maximum absolute atomic E-state index is 14.0. The number of benzene rings is 1. The Morgan fingerprint density at radius 3 is 2.58 bits per heavy atom. The predicted molar refractivity (Wildman–Crippen MR) is 70.8 cm³/mol. The van der Waals surface area contributed by atoms with E-state index < -0.39 is 17.9 Å². The molecule has 0 saturated carbocycles. The van der Waals surface area contributed by atoms with Crippen LogP contribution in [0.25, 0.3) is 11.1 Å². The fraction of sp³-hybridized carbons (Fsp3) is 0.231. The molecule has 2 rings (SSSR count). The second kappa shape index (κ2) is 5.24. The third-order valence-electron chi connectivity index (χ3n) is 2.90. The molecule has 1 unspecified atom stereocenters. The van der Waals surface area contributed by atoms with Gasteiger partial charge in [0, 0.05) is 29.2 Å². The molecule has 0 radical (unpaired) electrons. The molecule has 0 aliphatic heterocycles. The van der Waals surface area contributed by atoms with Crippen molar-refractivity contribution in [3.05, 3.63) is 40.3 Å². The number of aryl methyl sites for hydroxylation is 1. The van der Waals surface area contributed by atoms with Crippen molar-refractivity contribution in [2.75, 3.05) is 12.8 Å². The van der Waals surface area contributed by atoms with Crippen LogP contribution >= 0.6 is 11.3 Å². The van der Waals surface area contributed by atoms with E-state index in [0.717, 1.165) is 11.3 Å². The van der Waals surface area contributed by atoms with E-state index in [1.807, 2.05) is 0 Å². The number of hydrogen-bond acceptors (Lipinski definition) is 4. The Bertz CT molecular complexity index is 613. The zero-order valence-electron chi connectivity index (χ0n) is 10.4. The number of halogens is 2. The van der Waals surface area contributed by atoms with Crippen LogP contribution in [0.2, 0.25) is 0 Å². The van der Waals surface area contributed by atoms with Crippen LogP contribution in [-0.2, 0) is 4.74 Å². The fourth-order valence-corrected chi connectivity index (χ4v) is 2.65. The number of hydrogen-bond donors (Lipinski definition) is 2. The van der Waals surface area contributed by atoms with Gasteiger partial charge in [-0.05, 0) is 12.5 Å². The van der Waals surface area contributed by atoms with Gasteiger partial charge in [0.05, 0.1) is 5.00 Å². The molecule has 1 aromatic carbocycles. The number of thiophene rings is 1. The van der Waals surface area contributed by atoms with Crippen LogP contribution in [0.3, 0.4) is 0 Å². The lowest BCUT2D eigenvalue weighted by atomic mass is 10.0. The third-order valence-corrected chi connectivity index (χ3v) is 3.72. The van der Waals surface area contributed by atoms with Gasteiger partial charge in [-0.1, -0.05) is 12.1 Å². The number of aliphatic hydroxyl groups is 1. The lowest BCUT2D eigenvalue weighted by molar-refractivity contribution is -0.0757. The van der Waals surface area contributed by atoms with E-state index in [-0.39, 0.29) is 16.7 Å². The quantitative estimate of drug-likeness (QED) is 0.851. The molecule has 102 valence electrons. The summed E-state index contributed by atoms with van der Waals surface area (Å²) in [7, 11) is 1.30. The van der Waals surface area contributed by atoms with Crippen molar-refractivity contribution in [1.82, 2.24) is 0 Å². The van der Waals surface area contributed by atoms with Gasteiger partial charge in [-0.25, -0.2) is 8.78 Å². The smallest absolute Gasteiger partial charge is 0.184 e. The molecule has 0 saturated heterocycles. The van der Waals surface area contributed by atoms with E-state index in [0.29, 0.717) is 10.6 Å². The molecule has 0 amide bonds. The minimum absolute atomic E-state index is 0.0575. The van der Waals surface area contributed by atoms with Crippen molar-refractivity contribution in [2.45, 2.75) is 13.2 Å². The van der Waals surface area contributed by atoms with Crippen molar-refractivity contribution in [3.63, 3.8) is 0 Å². The number of anilines is 1. The predicted octanol–water partition coefficient (Wildman–Crippen LogP) is 3.22. The SMILES string of the molecule is COC(O)c1c(-c2ccc(C)c(F)c2F)csc1N. The van der Waals surface area contributed by atoms with E-state index in [4.69, 9.17) is 10.5 Å². The molecule has 2 aromatic rings. The summed E-state index contributed by atoms with van der Waals surface area (Å²) in [5.41, 5.74) is 6.61. The topological polar surface area (TPSA) is 55.5 Å². The van der Waals surface area contributed by atoms with Crippen LogP contribution in [0.4, 0.5) is 13.8 Å². The summed E-state index contributed by atoms with van der Waals surface area (Å²) in [6.45, 7) is 1.48. The fourth-order valence-electron chi connectivity index (χ4n) is 1.82. The Morgan fingerprint density at radius 1 is 1.26 bits per heavy atom. The largest absolute Gasteiger partial charge is 0.390 e. The van der Waals surface area contributed by atoms with Crippen LogP contribution in [0.5, 0.6) is 0 Å². The summed E-state index contributed by atoms with van der Waals surface area (Å²) in [6.07, 6.45) is -1.27. The zero-order valence-corrected chi connectivity index (χ0v) is 11.2. The maximum atomic E-state index is 14.0. The highest BCUT2D eigenvalue weighted by Gasteiger charge is 2.22. The van der Waals surface area contributed by atoms with Crippen molar-refractivity contribution in [2.24, 2.45) is 0 Å². The van der Waals surface area contributed by atoms with E-state index in [2.05, 4.69) is 0 Å². The molecule has 1 aromatic heterocycles. The van der Waals surface area contributed by atoms with Crippen molar-refractivity contribution in [1.29, 1.82) is 0 Å². The molecule has 19 heavy (non-hydrogen) atoms. The number of methoxy groups -OCH3 is 1. The van der Waals surface area contributed by atoms with Gasteiger partial charge in [-0.3, -0.25) is 0 Å². The molecule has 0 fully saturated rings. The average Bonchev–Trinajstić information content (AvgIpc) is 2.77. The normalized spacial score (nSPS) is 12.7. The standard InChI is InChI=1S/C13H13F2NO2S/c1-6-3-4-7(11(15)10(6)14)8-5-19-12(16)9(8)13(17)18-2/h3-5,13,17H,16H2,1-2H3. The van der Waals surface area contributed by atoms with Crippen LogP contribution in [0.15, 0.2) is 17.5 Å². The van der Waals surface area contributed by atoms with Crippen molar-refractivity contribution in [3.8, 4) is 11.1 Å². The number of nitrogens with two attached hydrogens (primary N) is 1. The number of aliphatic hydroxyl groups excluding tert-OH is 1. The van der Waals surface area contributed by atoms with E-state index in [1.54, 1.807) is 5.38 Å². The summed E-state index contributed by atoms with van der Waals surface area (Å²) in [5.74, 6) is -1.86. The average molecular weight is 285 g/mol. The van der Waals surface area contributed by atoms with Gasteiger partial charge < -0.3 is 15.6 Å². The minimum atomic E-state index is -1.27. The summed E-state index contributed by atoms with van der Waals surface area (Å²) in [5, 5.41) is 11.6. The van der Waals surface area contributed by atoms with Gasteiger partial charge in [0.1, 0.15) is 0 Å². The highest BCUT2D eigenvalue weighted by Crippen LogP contribution is 2.39. The second-order valence-corrected chi connectivity index (χ2v) is 4.98. The van der Waals surface area contributed by atoms with Gasteiger partial charge in [0.25, 0.3) is 0 Å². The van der Waals surface area contributed by atoms with Crippen molar-refractivity contribution < 1.29 is 18.6 Å².